The minimum atomic E-state index is -5.02. The molecule has 1 aliphatic heterocycles. The number of sulfonamides is 1. The van der Waals surface area contributed by atoms with Crippen LogP contribution in [0.1, 0.15) is 43.4 Å². The van der Waals surface area contributed by atoms with Crippen molar-refractivity contribution in [1.29, 1.82) is 0 Å². The Labute approximate surface area is 164 Å². The zero-order valence-corrected chi connectivity index (χ0v) is 16.6. The number of amides is 1. The lowest BCUT2D eigenvalue weighted by Gasteiger charge is -2.31. The number of benzene rings is 1. The number of carbonyl (C=O) groups excluding carboxylic acids is 1. The first-order valence-electron chi connectivity index (χ1n) is 8.52. The molecular formula is C17H20F6N2O3S. The summed E-state index contributed by atoms with van der Waals surface area (Å²) in [5.41, 5.74) is -5.02. The predicted molar refractivity (Wildman–Crippen MR) is 92.2 cm³/mol. The van der Waals surface area contributed by atoms with Crippen LogP contribution in [0.15, 0.2) is 18.2 Å². The third-order valence-electron chi connectivity index (χ3n) is 4.68. The number of halogens is 6. The van der Waals surface area contributed by atoms with Gasteiger partial charge in [0, 0.05) is 6.54 Å². The second-order valence-electron chi connectivity index (χ2n) is 7.44. The van der Waals surface area contributed by atoms with Gasteiger partial charge in [0.05, 0.1) is 22.9 Å². The van der Waals surface area contributed by atoms with Crippen LogP contribution in [0.25, 0.3) is 0 Å². The fourth-order valence-electron chi connectivity index (χ4n) is 3.18. The molecule has 164 valence electrons. The van der Waals surface area contributed by atoms with Gasteiger partial charge in [-0.3, -0.25) is 4.79 Å². The van der Waals surface area contributed by atoms with Crippen molar-refractivity contribution in [1.82, 2.24) is 9.62 Å². The highest BCUT2D eigenvalue weighted by atomic mass is 32.2. The Balaban J connectivity index is 2.41. The fraction of sp³-hybridized carbons (Fsp3) is 0.588. The van der Waals surface area contributed by atoms with Crippen molar-refractivity contribution >= 4 is 15.9 Å². The van der Waals surface area contributed by atoms with Crippen LogP contribution in [-0.4, -0.2) is 37.5 Å². The molecule has 1 aromatic rings. The molecule has 0 unspecified atom stereocenters. The Bertz CT molecular complexity index is 861. The van der Waals surface area contributed by atoms with E-state index in [4.69, 9.17) is 0 Å². The molecule has 1 fully saturated rings. The molecule has 1 aliphatic rings. The van der Waals surface area contributed by atoms with Crippen molar-refractivity contribution in [2.45, 2.75) is 50.6 Å². The smallest absolute Gasteiger partial charge is 0.346 e. The van der Waals surface area contributed by atoms with Crippen molar-refractivity contribution in [2.75, 3.05) is 12.8 Å². The number of hydrogen-bond acceptors (Lipinski definition) is 3. The number of alkyl halides is 6. The Hall–Kier alpha value is -1.82. The molecule has 0 radical (unpaired) electrons. The lowest BCUT2D eigenvalue weighted by Crippen LogP contribution is -2.51. The van der Waals surface area contributed by atoms with Crippen LogP contribution in [0.2, 0.25) is 0 Å². The van der Waals surface area contributed by atoms with Gasteiger partial charge >= 0.3 is 12.4 Å². The van der Waals surface area contributed by atoms with E-state index in [1.807, 2.05) is 0 Å². The average molecular weight is 446 g/mol. The topological polar surface area (TPSA) is 66.5 Å². The van der Waals surface area contributed by atoms with Crippen LogP contribution in [0, 0.1) is 0 Å². The Morgan fingerprint density at radius 3 is 1.86 bits per heavy atom. The molecule has 1 N–H and O–H groups in total. The molecule has 2 rings (SSSR count). The number of nitrogens with zero attached hydrogens (tertiary/aromatic N) is 1. The molecule has 1 amide bonds. The van der Waals surface area contributed by atoms with Gasteiger partial charge in [0.1, 0.15) is 6.04 Å². The number of nitrogens with one attached hydrogen (secondary N) is 1. The highest BCUT2D eigenvalue weighted by Gasteiger charge is 2.41. The van der Waals surface area contributed by atoms with E-state index in [-0.39, 0.29) is 19.0 Å². The molecule has 1 aromatic carbocycles. The normalized spacial score (nSPS) is 19.4. The first kappa shape index (κ1) is 23.5. The summed E-state index contributed by atoms with van der Waals surface area (Å²) in [6.07, 6.45) is -8.51. The monoisotopic (exact) mass is 446 g/mol. The molecule has 0 aromatic heterocycles. The molecule has 0 spiro atoms. The third-order valence-corrected chi connectivity index (χ3v) is 5.97. The second kappa shape index (κ2) is 7.46. The van der Waals surface area contributed by atoms with Gasteiger partial charge in [0.15, 0.2) is 0 Å². The van der Waals surface area contributed by atoms with Crippen LogP contribution in [0.3, 0.4) is 0 Å². The van der Waals surface area contributed by atoms with Crippen LogP contribution in [0.5, 0.6) is 0 Å². The molecule has 1 saturated heterocycles. The molecule has 5 nitrogen and oxygen atoms in total. The van der Waals surface area contributed by atoms with E-state index >= 15 is 0 Å². The van der Waals surface area contributed by atoms with Gasteiger partial charge in [0.2, 0.25) is 15.9 Å². The summed E-state index contributed by atoms with van der Waals surface area (Å²) >= 11 is 0. The van der Waals surface area contributed by atoms with Gasteiger partial charge in [-0.2, -0.15) is 30.6 Å². The summed E-state index contributed by atoms with van der Waals surface area (Å²) in [5.74, 6) is -0.788. The Kier molecular flexibility index (Phi) is 6.03. The lowest BCUT2D eigenvalue weighted by atomic mass is 9.90. The van der Waals surface area contributed by atoms with Crippen LogP contribution >= 0.6 is 0 Å². The molecule has 0 aliphatic carbocycles. The number of carbonyl (C=O) groups is 1. The average Bonchev–Trinajstić information content (AvgIpc) is 3.02. The van der Waals surface area contributed by atoms with E-state index in [9.17, 15) is 39.6 Å². The van der Waals surface area contributed by atoms with Gasteiger partial charge in [0.25, 0.3) is 0 Å². The highest BCUT2D eigenvalue weighted by molar-refractivity contribution is 7.88. The van der Waals surface area contributed by atoms with E-state index in [0.717, 1.165) is 10.6 Å². The maximum absolute atomic E-state index is 13.1. The van der Waals surface area contributed by atoms with Crippen molar-refractivity contribution in [3.05, 3.63) is 34.9 Å². The molecule has 1 atom stereocenters. The predicted octanol–water partition coefficient (Wildman–Crippen LogP) is 3.50. The summed E-state index contributed by atoms with van der Waals surface area (Å²) in [6, 6.07) is 0.0120. The van der Waals surface area contributed by atoms with Gasteiger partial charge in [-0.05, 0) is 50.5 Å². The molecular weight excluding hydrogens is 426 g/mol. The van der Waals surface area contributed by atoms with Gasteiger partial charge in [-0.15, -0.1) is 0 Å². The first-order valence-corrected chi connectivity index (χ1v) is 10.4. The fourth-order valence-corrected chi connectivity index (χ4v) is 4.30. The standard InChI is InChI=1S/C17H20F6N2O3S/c1-15(2,24-14(26)13-5-4-6-25(13)29(3,27)28)10-7-11(16(18,19)20)9-12(8-10)17(21,22)23/h7-9,13H,4-6H2,1-3H3,(H,24,26)/t13-/m0/s1. The maximum atomic E-state index is 13.1. The maximum Gasteiger partial charge on any atom is 0.416 e. The Morgan fingerprint density at radius 1 is 1.00 bits per heavy atom. The Morgan fingerprint density at radius 2 is 1.45 bits per heavy atom. The minimum absolute atomic E-state index is 0.00373. The van der Waals surface area contributed by atoms with Crippen molar-refractivity contribution in [3.63, 3.8) is 0 Å². The second-order valence-corrected chi connectivity index (χ2v) is 9.38. The molecule has 1 heterocycles. The third kappa shape index (κ3) is 5.41. The minimum Gasteiger partial charge on any atom is -0.346 e. The highest BCUT2D eigenvalue weighted by Crippen LogP contribution is 2.38. The summed E-state index contributed by atoms with van der Waals surface area (Å²) in [5, 5.41) is 2.39. The quantitative estimate of drug-likeness (QED) is 0.720. The van der Waals surface area contributed by atoms with Crippen LogP contribution < -0.4 is 5.32 Å². The largest absolute Gasteiger partial charge is 0.416 e. The number of rotatable bonds is 4. The van der Waals surface area contributed by atoms with E-state index in [1.165, 1.54) is 13.8 Å². The molecule has 12 heteroatoms. The molecule has 29 heavy (non-hydrogen) atoms. The van der Waals surface area contributed by atoms with Crippen molar-refractivity contribution in [2.24, 2.45) is 0 Å². The van der Waals surface area contributed by atoms with E-state index in [0.29, 0.717) is 18.6 Å². The summed E-state index contributed by atoms with van der Waals surface area (Å²) in [4.78, 5) is 12.6. The summed E-state index contributed by atoms with van der Waals surface area (Å²) in [7, 11) is -3.69. The molecule has 0 saturated carbocycles. The molecule has 0 bridgehead atoms. The van der Waals surface area contributed by atoms with Crippen LogP contribution in [-0.2, 0) is 32.7 Å². The van der Waals surface area contributed by atoms with Crippen LogP contribution in [0.4, 0.5) is 26.3 Å². The van der Waals surface area contributed by atoms with E-state index in [1.54, 1.807) is 0 Å². The van der Waals surface area contributed by atoms with Gasteiger partial charge < -0.3 is 5.32 Å². The number of hydrogen-bond donors (Lipinski definition) is 1. The van der Waals surface area contributed by atoms with E-state index < -0.39 is 56.6 Å². The summed E-state index contributed by atoms with van der Waals surface area (Å²) < 4.78 is 103. The first-order chi connectivity index (χ1) is 12.9. The summed E-state index contributed by atoms with van der Waals surface area (Å²) in [6.45, 7) is 2.61. The SMILES string of the molecule is CC(C)(NC(=O)[C@@H]1CCCN1S(C)(=O)=O)c1cc(C(F)(F)F)cc(C(F)(F)F)c1. The van der Waals surface area contributed by atoms with Gasteiger partial charge in [-0.25, -0.2) is 8.42 Å². The lowest BCUT2D eigenvalue weighted by molar-refractivity contribution is -0.143. The van der Waals surface area contributed by atoms with E-state index in [2.05, 4.69) is 5.32 Å². The zero-order chi connectivity index (χ0) is 22.4. The van der Waals surface area contributed by atoms with Crippen molar-refractivity contribution < 1.29 is 39.6 Å². The van der Waals surface area contributed by atoms with Crippen molar-refractivity contribution in [3.8, 4) is 0 Å². The zero-order valence-electron chi connectivity index (χ0n) is 15.8. The van der Waals surface area contributed by atoms with Gasteiger partial charge in [-0.1, -0.05) is 0 Å².